The number of nitrogens with zero attached hydrogens (tertiary/aromatic N) is 3. The number of amides is 1. The van der Waals surface area contributed by atoms with Crippen molar-refractivity contribution in [3.8, 4) is 0 Å². The second kappa shape index (κ2) is 5.42. The van der Waals surface area contributed by atoms with Crippen LogP contribution in [-0.4, -0.2) is 46.7 Å². The molecule has 0 spiro atoms. The molecular formula is C15H18BrN3O2. The summed E-state index contributed by atoms with van der Waals surface area (Å²) >= 11 is 3.41. The number of hydrogen-bond acceptors (Lipinski definition) is 3. The van der Waals surface area contributed by atoms with Gasteiger partial charge >= 0.3 is 0 Å². The molecule has 1 aliphatic carbocycles. The van der Waals surface area contributed by atoms with Gasteiger partial charge in [-0.2, -0.15) is 0 Å². The molecule has 21 heavy (non-hydrogen) atoms. The summed E-state index contributed by atoms with van der Waals surface area (Å²) in [4.78, 5) is 18.9. The van der Waals surface area contributed by atoms with Crippen LogP contribution in [0.4, 0.5) is 0 Å². The van der Waals surface area contributed by atoms with Crippen LogP contribution < -0.4 is 0 Å². The molecule has 6 heteroatoms. The van der Waals surface area contributed by atoms with Crippen molar-refractivity contribution in [3.05, 3.63) is 28.5 Å². The number of fused-ring (bicyclic) bond motifs is 1. The Bertz CT molecular complexity index is 696. The van der Waals surface area contributed by atoms with Gasteiger partial charge in [0.25, 0.3) is 5.91 Å². The lowest BCUT2D eigenvalue weighted by Crippen LogP contribution is -2.52. The molecular weight excluding hydrogens is 334 g/mol. The highest BCUT2D eigenvalue weighted by Crippen LogP contribution is 2.29. The fraction of sp³-hybridized carbons (Fsp3) is 0.467. The van der Waals surface area contributed by atoms with E-state index in [2.05, 4.69) is 20.9 Å². The van der Waals surface area contributed by atoms with Gasteiger partial charge in [-0.1, -0.05) is 0 Å². The lowest BCUT2D eigenvalue weighted by molar-refractivity contribution is -0.0327. The van der Waals surface area contributed by atoms with E-state index in [4.69, 9.17) is 4.74 Å². The summed E-state index contributed by atoms with van der Waals surface area (Å²) in [6.07, 6.45) is 3.91. The number of carbonyl (C=O) groups is 1. The van der Waals surface area contributed by atoms with Crippen molar-refractivity contribution in [1.29, 1.82) is 0 Å². The summed E-state index contributed by atoms with van der Waals surface area (Å²) < 4.78 is 8.15. The summed E-state index contributed by atoms with van der Waals surface area (Å²) in [6.45, 7) is 0. The Morgan fingerprint density at radius 3 is 2.86 bits per heavy atom. The van der Waals surface area contributed by atoms with Crippen LogP contribution in [0, 0.1) is 0 Å². The zero-order valence-electron chi connectivity index (χ0n) is 12.3. The number of methoxy groups -OCH3 is 1. The highest BCUT2D eigenvalue weighted by molar-refractivity contribution is 9.10. The molecule has 1 amide bonds. The van der Waals surface area contributed by atoms with Crippen LogP contribution in [0.15, 0.2) is 22.8 Å². The number of halogens is 1. The van der Waals surface area contributed by atoms with Gasteiger partial charge in [0.1, 0.15) is 11.3 Å². The minimum absolute atomic E-state index is 0.0124. The van der Waals surface area contributed by atoms with E-state index in [9.17, 15) is 4.79 Å². The molecule has 3 rings (SSSR count). The van der Waals surface area contributed by atoms with Crippen LogP contribution in [0.25, 0.3) is 11.0 Å². The van der Waals surface area contributed by atoms with Gasteiger partial charge in [0.2, 0.25) is 0 Å². The van der Waals surface area contributed by atoms with Crippen molar-refractivity contribution < 1.29 is 9.53 Å². The van der Waals surface area contributed by atoms with Crippen molar-refractivity contribution in [3.63, 3.8) is 0 Å². The van der Waals surface area contributed by atoms with Crippen molar-refractivity contribution in [1.82, 2.24) is 14.5 Å². The van der Waals surface area contributed by atoms with E-state index in [1.165, 1.54) is 0 Å². The molecule has 5 nitrogen and oxygen atoms in total. The third kappa shape index (κ3) is 2.36. The molecule has 0 aliphatic heterocycles. The predicted molar refractivity (Wildman–Crippen MR) is 84.3 cm³/mol. The molecule has 2 heterocycles. The van der Waals surface area contributed by atoms with E-state index in [0.717, 1.165) is 28.3 Å². The zero-order chi connectivity index (χ0) is 15.1. The molecule has 0 N–H and O–H groups in total. The van der Waals surface area contributed by atoms with Crippen molar-refractivity contribution in [2.75, 3.05) is 14.2 Å². The molecule has 112 valence electrons. The monoisotopic (exact) mass is 351 g/mol. The van der Waals surface area contributed by atoms with Crippen molar-refractivity contribution >= 4 is 32.9 Å². The highest BCUT2D eigenvalue weighted by Gasteiger charge is 2.37. The molecule has 0 saturated heterocycles. The maximum absolute atomic E-state index is 12.7. The molecule has 1 aliphatic rings. The smallest absolute Gasteiger partial charge is 0.270 e. The van der Waals surface area contributed by atoms with Gasteiger partial charge in [0, 0.05) is 37.3 Å². The minimum Gasteiger partial charge on any atom is -0.379 e. The Morgan fingerprint density at radius 2 is 2.24 bits per heavy atom. The first kappa shape index (κ1) is 14.5. The second-order valence-electron chi connectivity index (χ2n) is 5.49. The Balaban J connectivity index is 1.92. The average Bonchev–Trinajstić information content (AvgIpc) is 2.73. The van der Waals surface area contributed by atoms with E-state index >= 15 is 0 Å². The lowest BCUT2D eigenvalue weighted by Gasteiger charge is -2.41. The molecule has 0 bridgehead atoms. The largest absolute Gasteiger partial charge is 0.379 e. The van der Waals surface area contributed by atoms with Gasteiger partial charge in [-0.15, -0.1) is 0 Å². The number of aromatic nitrogens is 2. The van der Waals surface area contributed by atoms with Crippen LogP contribution in [0.1, 0.15) is 23.3 Å². The van der Waals surface area contributed by atoms with Gasteiger partial charge in [-0.3, -0.25) is 4.79 Å². The first-order chi connectivity index (χ1) is 10.0. The zero-order valence-corrected chi connectivity index (χ0v) is 13.9. The number of pyridine rings is 1. The van der Waals surface area contributed by atoms with E-state index < -0.39 is 0 Å². The van der Waals surface area contributed by atoms with Gasteiger partial charge < -0.3 is 14.2 Å². The van der Waals surface area contributed by atoms with Crippen LogP contribution in [0.2, 0.25) is 0 Å². The normalized spacial score (nSPS) is 21.3. The lowest BCUT2D eigenvalue weighted by atomic mass is 9.87. The van der Waals surface area contributed by atoms with Crippen molar-refractivity contribution in [2.45, 2.75) is 25.0 Å². The number of ether oxygens (including phenoxy) is 1. The summed E-state index contributed by atoms with van der Waals surface area (Å²) in [5, 5.41) is 0.959. The van der Waals surface area contributed by atoms with Crippen LogP contribution in [0.5, 0.6) is 0 Å². The molecule has 1 fully saturated rings. The third-order valence-corrected chi connectivity index (χ3v) is 4.78. The van der Waals surface area contributed by atoms with Gasteiger partial charge in [-0.25, -0.2) is 4.98 Å². The topological polar surface area (TPSA) is 47.4 Å². The highest BCUT2D eigenvalue weighted by atomic mass is 79.9. The molecule has 0 aromatic carbocycles. The minimum atomic E-state index is 0.0124. The molecule has 2 atom stereocenters. The van der Waals surface area contributed by atoms with Gasteiger partial charge in [0.15, 0.2) is 0 Å². The Morgan fingerprint density at radius 1 is 1.48 bits per heavy atom. The molecule has 1 saturated carbocycles. The van der Waals surface area contributed by atoms with E-state index in [0.29, 0.717) is 5.69 Å². The molecule has 0 radical (unpaired) electrons. The number of likely N-dealkylation sites (N-methyl/N-ethyl adjacent to an activating group) is 1. The maximum atomic E-state index is 12.7. The SMILES string of the molecule is COC1CCC1N(C)C(=O)c1cc2cc(Br)cnc2n1C. The number of rotatable bonds is 3. The third-order valence-electron chi connectivity index (χ3n) is 4.35. The standard InChI is InChI=1S/C15H18BrN3O2/c1-18-12(7-9-6-10(16)8-17-14(9)18)15(20)19(2)11-4-5-13(11)21-3/h6-8,11,13H,4-5H2,1-3H3. The van der Waals surface area contributed by atoms with Gasteiger partial charge in [0.05, 0.1) is 12.1 Å². The van der Waals surface area contributed by atoms with E-state index in [1.807, 2.05) is 30.8 Å². The average molecular weight is 352 g/mol. The number of hydrogen-bond donors (Lipinski definition) is 0. The summed E-state index contributed by atoms with van der Waals surface area (Å²) in [5.41, 5.74) is 1.46. The van der Waals surface area contributed by atoms with Crippen molar-refractivity contribution in [2.24, 2.45) is 7.05 Å². The first-order valence-corrected chi connectivity index (χ1v) is 7.73. The van der Waals surface area contributed by atoms with E-state index in [1.54, 1.807) is 18.2 Å². The first-order valence-electron chi connectivity index (χ1n) is 6.94. The maximum Gasteiger partial charge on any atom is 0.270 e. The summed E-state index contributed by atoms with van der Waals surface area (Å²) in [6, 6.07) is 4.03. The van der Waals surface area contributed by atoms with E-state index in [-0.39, 0.29) is 18.1 Å². The number of carbonyl (C=O) groups excluding carboxylic acids is 1. The Hall–Kier alpha value is -1.40. The fourth-order valence-corrected chi connectivity index (χ4v) is 3.25. The fourth-order valence-electron chi connectivity index (χ4n) is 2.90. The van der Waals surface area contributed by atoms with Crippen LogP contribution in [0.3, 0.4) is 0 Å². The quantitative estimate of drug-likeness (QED) is 0.853. The van der Waals surface area contributed by atoms with Crippen LogP contribution >= 0.6 is 15.9 Å². The molecule has 2 aromatic heterocycles. The second-order valence-corrected chi connectivity index (χ2v) is 6.41. The summed E-state index contributed by atoms with van der Waals surface area (Å²) in [5.74, 6) is 0.0124. The van der Waals surface area contributed by atoms with Crippen LogP contribution in [-0.2, 0) is 11.8 Å². The molecule has 2 unspecified atom stereocenters. The molecule has 2 aromatic rings. The predicted octanol–water partition coefficient (Wildman–Crippen LogP) is 2.59. The number of aryl methyl sites for hydroxylation is 1. The Kier molecular flexibility index (Phi) is 3.75. The summed E-state index contributed by atoms with van der Waals surface area (Å²) in [7, 11) is 5.42. The Labute approximate surface area is 132 Å². The van der Waals surface area contributed by atoms with Gasteiger partial charge in [-0.05, 0) is 40.9 Å².